The molecule has 4 nitrogen and oxygen atoms in total. The van der Waals surface area contributed by atoms with E-state index in [4.69, 9.17) is 0 Å². The number of hydrogen-bond acceptors (Lipinski definition) is 2. The molecule has 1 aliphatic rings. The summed E-state index contributed by atoms with van der Waals surface area (Å²) in [6.45, 7) is 3.10. The number of benzene rings is 1. The van der Waals surface area contributed by atoms with Gasteiger partial charge in [-0.15, -0.1) is 0 Å². The van der Waals surface area contributed by atoms with Crippen molar-refractivity contribution >= 4 is 10.0 Å². The smallest absolute Gasteiger partial charge is 0.211 e. The van der Waals surface area contributed by atoms with E-state index >= 15 is 0 Å². The predicted molar refractivity (Wildman–Crippen MR) is 67.2 cm³/mol. The molecular weight excluding hydrogens is 255 g/mol. The van der Waals surface area contributed by atoms with Crippen molar-refractivity contribution in [1.29, 1.82) is 0 Å². The molecule has 2 rings (SSSR count). The van der Waals surface area contributed by atoms with Gasteiger partial charge >= 0.3 is 0 Å². The number of piperazine rings is 1. The topological polar surface area (TPSA) is 41.8 Å². The van der Waals surface area contributed by atoms with Gasteiger partial charge in [0.25, 0.3) is 0 Å². The van der Waals surface area contributed by atoms with E-state index in [1.807, 2.05) is 6.07 Å². The van der Waals surface area contributed by atoms with Crippen LogP contribution < -0.4 is 4.90 Å². The van der Waals surface area contributed by atoms with Crippen LogP contribution in [0.5, 0.6) is 0 Å². The van der Waals surface area contributed by atoms with Crippen LogP contribution in [0.2, 0.25) is 0 Å². The fourth-order valence-electron chi connectivity index (χ4n) is 2.22. The first kappa shape index (κ1) is 13.5. The van der Waals surface area contributed by atoms with E-state index in [9.17, 15) is 12.8 Å². The Balaban J connectivity index is 1.94. The second kappa shape index (κ2) is 5.34. The van der Waals surface area contributed by atoms with Gasteiger partial charge in [0.1, 0.15) is 12.4 Å². The van der Waals surface area contributed by atoms with Crippen molar-refractivity contribution in [1.82, 2.24) is 4.31 Å². The minimum Gasteiger partial charge on any atom is -0.329 e. The van der Waals surface area contributed by atoms with Gasteiger partial charge in [-0.3, -0.25) is 0 Å². The van der Waals surface area contributed by atoms with E-state index in [1.165, 1.54) is 21.5 Å². The van der Waals surface area contributed by atoms with Gasteiger partial charge in [-0.1, -0.05) is 18.2 Å². The molecule has 0 saturated carbocycles. The first-order chi connectivity index (χ1) is 8.47. The Morgan fingerprint density at radius 3 is 2.44 bits per heavy atom. The van der Waals surface area contributed by atoms with Crippen molar-refractivity contribution in [3.63, 3.8) is 0 Å². The molecule has 1 fully saturated rings. The highest BCUT2D eigenvalue weighted by Gasteiger charge is 2.26. The van der Waals surface area contributed by atoms with Crippen molar-refractivity contribution in [3.8, 4) is 0 Å². The molecule has 1 heterocycles. The Bertz CT molecular complexity index is 511. The fraction of sp³-hybridized carbons (Fsp3) is 0.500. The van der Waals surface area contributed by atoms with Crippen LogP contribution in [-0.2, 0) is 16.6 Å². The SMILES string of the molecule is CS(=O)(=O)N1CC[NH+](Cc2ccccc2F)CC1. The standard InChI is InChI=1S/C12H17FN2O2S/c1-18(16,17)15-8-6-14(7-9-15)10-11-4-2-3-5-12(11)13/h2-5H,6-10H2,1H3/p+1. The van der Waals surface area contributed by atoms with Crippen LogP contribution in [0.3, 0.4) is 0 Å². The molecule has 0 amide bonds. The van der Waals surface area contributed by atoms with E-state index in [1.54, 1.807) is 12.1 Å². The molecule has 1 N–H and O–H groups in total. The molecule has 1 aromatic rings. The summed E-state index contributed by atoms with van der Waals surface area (Å²) in [6.07, 6.45) is 1.23. The summed E-state index contributed by atoms with van der Waals surface area (Å²) in [6, 6.07) is 6.74. The van der Waals surface area contributed by atoms with Gasteiger partial charge in [-0.25, -0.2) is 12.8 Å². The van der Waals surface area contributed by atoms with E-state index in [0.717, 1.165) is 13.1 Å². The second-order valence-corrected chi connectivity index (χ2v) is 6.66. The molecule has 100 valence electrons. The minimum absolute atomic E-state index is 0.185. The molecule has 1 aliphatic heterocycles. The normalized spacial score (nSPS) is 19.0. The van der Waals surface area contributed by atoms with Gasteiger partial charge in [0.2, 0.25) is 10.0 Å². The summed E-state index contributed by atoms with van der Waals surface area (Å²) in [5, 5.41) is 0. The molecule has 1 saturated heterocycles. The number of nitrogens with one attached hydrogen (secondary N) is 1. The van der Waals surface area contributed by atoms with Gasteiger partial charge < -0.3 is 4.90 Å². The highest BCUT2D eigenvalue weighted by Crippen LogP contribution is 2.05. The maximum absolute atomic E-state index is 13.5. The molecule has 0 radical (unpaired) electrons. The number of hydrogen-bond donors (Lipinski definition) is 1. The average Bonchev–Trinajstić information content (AvgIpc) is 2.32. The number of rotatable bonds is 3. The monoisotopic (exact) mass is 273 g/mol. The molecule has 18 heavy (non-hydrogen) atoms. The van der Waals surface area contributed by atoms with Gasteiger partial charge in [0, 0.05) is 5.56 Å². The predicted octanol–water partition coefficient (Wildman–Crippen LogP) is -0.514. The Morgan fingerprint density at radius 2 is 1.89 bits per heavy atom. The lowest BCUT2D eigenvalue weighted by molar-refractivity contribution is -0.917. The van der Waals surface area contributed by atoms with Crippen molar-refractivity contribution in [2.45, 2.75) is 6.54 Å². The minimum atomic E-state index is -3.08. The zero-order valence-corrected chi connectivity index (χ0v) is 11.2. The first-order valence-corrected chi connectivity index (χ1v) is 7.84. The van der Waals surface area contributed by atoms with Crippen LogP contribution in [-0.4, -0.2) is 45.2 Å². The molecule has 1 aromatic carbocycles. The third kappa shape index (κ3) is 3.28. The molecule has 0 aliphatic carbocycles. The number of quaternary nitrogens is 1. The Kier molecular flexibility index (Phi) is 3.99. The fourth-order valence-corrected chi connectivity index (χ4v) is 3.07. The summed E-state index contributed by atoms with van der Waals surface area (Å²) in [5.41, 5.74) is 0.695. The number of halogens is 1. The zero-order valence-electron chi connectivity index (χ0n) is 10.4. The third-order valence-corrected chi connectivity index (χ3v) is 4.60. The Hall–Kier alpha value is -0.980. The van der Waals surface area contributed by atoms with Gasteiger partial charge in [0.05, 0.1) is 32.4 Å². The van der Waals surface area contributed by atoms with Crippen molar-refractivity contribution in [3.05, 3.63) is 35.6 Å². The Labute approximate surface area is 107 Å². The largest absolute Gasteiger partial charge is 0.329 e. The van der Waals surface area contributed by atoms with Crippen LogP contribution in [0.1, 0.15) is 5.56 Å². The molecule has 6 heteroatoms. The highest BCUT2D eigenvalue weighted by molar-refractivity contribution is 7.88. The molecule has 0 unspecified atom stereocenters. The molecule has 0 spiro atoms. The number of sulfonamides is 1. The maximum atomic E-state index is 13.5. The van der Waals surface area contributed by atoms with Crippen LogP contribution in [0.15, 0.2) is 24.3 Å². The molecular formula is C12H18FN2O2S+. The lowest BCUT2D eigenvalue weighted by Gasteiger charge is -2.30. The van der Waals surface area contributed by atoms with E-state index in [2.05, 4.69) is 0 Å². The van der Waals surface area contributed by atoms with Crippen LogP contribution in [0.4, 0.5) is 4.39 Å². The lowest BCUT2D eigenvalue weighted by Crippen LogP contribution is -3.13. The van der Waals surface area contributed by atoms with Gasteiger partial charge in [-0.2, -0.15) is 4.31 Å². The summed E-state index contributed by atoms with van der Waals surface area (Å²) in [7, 11) is -3.08. The van der Waals surface area contributed by atoms with E-state index < -0.39 is 10.0 Å². The zero-order chi connectivity index (χ0) is 13.2. The van der Waals surface area contributed by atoms with Crippen molar-refractivity contribution < 1.29 is 17.7 Å². The lowest BCUT2D eigenvalue weighted by atomic mass is 10.2. The summed E-state index contributed by atoms with van der Waals surface area (Å²) < 4.78 is 37.7. The summed E-state index contributed by atoms with van der Waals surface area (Å²) in [5.74, 6) is -0.185. The van der Waals surface area contributed by atoms with Crippen LogP contribution in [0.25, 0.3) is 0 Å². The summed E-state index contributed by atoms with van der Waals surface area (Å²) in [4.78, 5) is 1.22. The molecule has 0 bridgehead atoms. The number of nitrogens with zero attached hydrogens (tertiary/aromatic N) is 1. The van der Waals surface area contributed by atoms with Gasteiger partial charge in [0.15, 0.2) is 0 Å². The Morgan fingerprint density at radius 1 is 1.28 bits per heavy atom. The van der Waals surface area contributed by atoms with Crippen molar-refractivity contribution in [2.75, 3.05) is 32.4 Å². The quantitative estimate of drug-likeness (QED) is 0.806. The van der Waals surface area contributed by atoms with Crippen LogP contribution >= 0.6 is 0 Å². The molecule has 0 aromatic heterocycles. The van der Waals surface area contributed by atoms with E-state index in [-0.39, 0.29) is 5.82 Å². The second-order valence-electron chi connectivity index (χ2n) is 4.68. The van der Waals surface area contributed by atoms with Crippen molar-refractivity contribution in [2.24, 2.45) is 0 Å². The van der Waals surface area contributed by atoms with E-state index in [0.29, 0.717) is 25.2 Å². The summed E-state index contributed by atoms with van der Waals surface area (Å²) >= 11 is 0. The van der Waals surface area contributed by atoms with Crippen LogP contribution in [0, 0.1) is 5.82 Å². The van der Waals surface area contributed by atoms with Gasteiger partial charge in [-0.05, 0) is 6.07 Å². The maximum Gasteiger partial charge on any atom is 0.211 e. The molecule has 0 atom stereocenters. The first-order valence-electron chi connectivity index (χ1n) is 5.99. The highest BCUT2D eigenvalue weighted by atomic mass is 32.2. The average molecular weight is 273 g/mol. The third-order valence-electron chi connectivity index (χ3n) is 3.30.